The molecule has 0 saturated carbocycles. The summed E-state index contributed by atoms with van der Waals surface area (Å²) < 4.78 is 32.1. The number of aliphatic hydroxyl groups excluding tert-OH is 6. The molecule has 0 aliphatic rings. The molecule has 0 aromatic heterocycles. The Balaban J connectivity index is -0.000000274. The molecule has 0 aliphatic carbocycles. The lowest BCUT2D eigenvalue weighted by Crippen LogP contribution is -2.49. The lowest BCUT2D eigenvalue weighted by molar-refractivity contribution is -0.910. The second-order valence-corrected chi connectivity index (χ2v) is 13.0. The first-order valence-electron chi connectivity index (χ1n) is 16.7. The third kappa shape index (κ3) is 45.1. The van der Waals surface area contributed by atoms with Crippen LogP contribution in [0.1, 0.15) is 96.8 Å². The Hall–Kier alpha value is -0.980. The first-order valence-corrected chi connectivity index (χ1v) is 18.1. The summed E-state index contributed by atoms with van der Waals surface area (Å²) in [5.41, 5.74) is 0. The summed E-state index contributed by atoms with van der Waals surface area (Å²) in [6.07, 6.45) is 16.9. The second-order valence-electron chi connectivity index (χ2n) is 11.9. The molecule has 0 fully saturated rings. The molecule has 6 N–H and O–H groups in total. The minimum absolute atomic E-state index is 0.0938. The van der Waals surface area contributed by atoms with Crippen LogP contribution >= 0.6 is 0 Å². The van der Waals surface area contributed by atoms with Crippen molar-refractivity contribution in [2.24, 2.45) is 0 Å². The fraction of sp³-hybridized carbons (Fsp3) is 0.968. The standard InChI is InChI=1S/C16H32O2.2C7H18NO3.CH4O4S/c1-2-3-4-5-6-7-8-9-10-11-12-13-14-15-16(17)18;2*1-8(2-5-9,3-6-10)4-7-11;1-5-6(2,3)4/h2-15H2,1H3,(H,17,18);2*9-11H,2-7H2,1H3;1H3,(H,2,3,4)/q;2*+1;/p-2. The fourth-order valence-electron chi connectivity index (χ4n) is 4.41. The van der Waals surface area contributed by atoms with E-state index in [-0.39, 0.29) is 46.1 Å². The Morgan fingerprint density at radius 2 is 0.783 bits per heavy atom. The third-order valence-corrected chi connectivity index (χ3v) is 7.94. The van der Waals surface area contributed by atoms with Crippen LogP contribution in [0, 0.1) is 0 Å². The molecule has 15 heteroatoms. The SMILES string of the molecule is CCCCCCCCCCCCCCCC(=O)[O-].COS(=O)(=O)[O-].C[N+](CCO)(CCO)CCO.C[N+](CCO)(CCO)CCO. The Labute approximate surface area is 279 Å². The van der Waals surface area contributed by atoms with Crippen LogP contribution < -0.4 is 5.11 Å². The molecule has 0 atom stereocenters. The van der Waals surface area contributed by atoms with Crippen molar-refractivity contribution in [2.45, 2.75) is 96.8 Å². The van der Waals surface area contributed by atoms with Crippen LogP contribution in [0.2, 0.25) is 0 Å². The maximum Gasteiger partial charge on any atom is 0.217 e. The van der Waals surface area contributed by atoms with E-state index in [2.05, 4.69) is 11.1 Å². The van der Waals surface area contributed by atoms with Crippen molar-refractivity contribution in [3.8, 4) is 0 Å². The number of hydrogen-bond donors (Lipinski definition) is 6. The number of likely N-dealkylation sites (N-methyl/N-ethyl adjacent to an activating group) is 2. The van der Waals surface area contributed by atoms with Crippen molar-refractivity contribution in [1.82, 2.24) is 0 Å². The van der Waals surface area contributed by atoms with Gasteiger partial charge < -0.3 is 54.1 Å². The molecule has 0 saturated heterocycles. The zero-order valence-electron chi connectivity index (χ0n) is 29.3. The van der Waals surface area contributed by atoms with Crippen molar-refractivity contribution in [3.05, 3.63) is 0 Å². The van der Waals surface area contributed by atoms with Gasteiger partial charge in [-0.15, -0.1) is 0 Å². The average molecular weight is 695 g/mol. The van der Waals surface area contributed by atoms with Gasteiger partial charge >= 0.3 is 0 Å². The molecule has 0 unspecified atom stereocenters. The quantitative estimate of drug-likeness (QED) is 0.0292. The minimum Gasteiger partial charge on any atom is -0.726 e. The predicted octanol–water partition coefficient (Wildman–Crippen LogP) is 0.130. The number of aliphatic hydroxyl groups is 6. The summed E-state index contributed by atoms with van der Waals surface area (Å²) >= 11 is 0. The number of aliphatic carboxylic acids is 1. The van der Waals surface area contributed by atoms with E-state index in [1.54, 1.807) is 0 Å². The van der Waals surface area contributed by atoms with E-state index >= 15 is 0 Å². The Bertz CT molecular complexity index is 672. The maximum atomic E-state index is 10.2. The molecule has 14 nitrogen and oxygen atoms in total. The van der Waals surface area contributed by atoms with Crippen LogP contribution in [0.5, 0.6) is 0 Å². The van der Waals surface area contributed by atoms with E-state index < -0.39 is 16.4 Å². The highest BCUT2D eigenvalue weighted by molar-refractivity contribution is 7.80. The van der Waals surface area contributed by atoms with Crippen LogP contribution in [0.25, 0.3) is 0 Å². The Morgan fingerprint density at radius 1 is 0.565 bits per heavy atom. The highest BCUT2D eigenvalue weighted by atomic mass is 32.3. The number of quaternary nitrogens is 2. The molecule has 0 spiro atoms. The van der Waals surface area contributed by atoms with Crippen LogP contribution in [0.3, 0.4) is 0 Å². The number of hydrogen-bond acceptors (Lipinski definition) is 12. The summed E-state index contributed by atoms with van der Waals surface area (Å²) in [4.78, 5) is 10.2. The molecular weight excluding hydrogens is 624 g/mol. The second kappa shape index (κ2) is 36.8. The van der Waals surface area contributed by atoms with Crippen LogP contribution in [0.15, 0.2) is 0 Å². The molecule has 0 bridgehead atoms. The van der Waals surface area contributed by atoms with E-state index in [9.17, 15) is 22.9 Å². The van der Waals surface area contributed by atoms with Crippen molar-refractivity contribution in [2.75, 3.05) is 100 Å². The monoisotopic (exact) mass is 694 g/mol. The third-order valence-electron chi connectivity index (χ3n) is 7.53. The molecule has 0 aromatic carbocycles. The predicted molar refractivity (Wildman–Crippen MR) is 176 cm³/mol. The number of carboxylic acids is 1. The van der Waals surface area contributed by atoms with Crippen LogP contribution in [-0.2, 0) is 19.4 Å². The smallest absolute Gasteiger partial charge is 0.217 e. The van der Waals surface area contributed by atoms with Gasteiger partial charge in [0.25, 0.3) is 0 Å². The van der Waals surface area contributed by atoms with E-state index in [0.717, 1.165) is 20.0 Å². The molecule has 0 aliphatic heterocycles. The summed E-state index contributed by atoms with van der Waals surface area (Å²) in [6, 6.07) is 0. The van der Waals surface area contributed by atoms with Gasteiger partial charge in [-0.05, 0) is 12.8 Å². The highest BCUT2D eigenvalue weighted by Gasteiger charge is 2.19. The van der Waals surface area contributed by atoms with Crippen LogP contribution in [-0.4, -0.2) is 159 Å². The van der Waals surface area contributed by atoms with Gasteiger partial charge in [0, 0.05) is 5.97 Å². The molecule has 0 aromatic rings. The number of carbonyl (C=O) groups is 1. The van der Waals surface area contributed by atoms with Gasteiger partial charge in [-0.2, -0.15) is 0 Å². The van der Waals surface area contributed by atoms with E-state index in [0.29, 0.717) is 48.2 Å². The number of rotatable bonds is 27. The maximum absolute atomic E-state index is 10.2. The van der Waals surface area contributed by atoms with Crippen molar-refractivity contribution < 1.29 is 66.7 Å². The Kier molecular flexibility index (Phi) is 41.5. The first-order chi connectivity index (χ1) is 21.7. The number of unbranched alkanes of at least 4 members (excludes halogenated alkanes) is 12. The van der Waals surface area contributed by atoms with E-state index in [4.69, 9.17) is 30.6 Å². The van der Waals surface area contributed by atoms with E-state index in [1.807, 2.05) is 14.1 Å². The molecule has 0 amide bonds. The number of carbonyl (C=O) groups excluding carboxylic acids is 1. The molecule has 0 rings (SSSR count). The van der Waals surface area contributed by atoms with Gasteiger partial charge in [0.15, 0.2) is 0 Å². The highest BCUT2D eigenvalue weighted by Crippen LogP contribution is 2.12. The molecule has 46 heavy (non-hydrogen) atoms. The topological polar surface area (TPSA) is 228 Å². The fourth-order valence-corrected chi connectivity index (χ4v) is 4.41. The van der Waals surface area contributed by atoms with Gasteiger partial charge in [-0.25, -0.2) is 8.42 Å². The average Bonchev–Trinajstić information content (AvgIpc) is 2.97. The van der Waals surface area contributed by atoms with Gasteiger partial charge in [0.1, 0.15) is 39.3 Å². The van der Waals surface area contributed by atoms with Crippen molar-refractivity contribution >= 4 is 16.4 Å². The molecular formula is C31H70N2O12S. The summed E-state index contributed by atoms with van der Waals surface area (Å²) in [7, 11) is 0.207. The van der Waals surface area contributed by atoms with Gasteiger partial charge in [-0.3, -0.25) is 4.18 Å². The van der Waals surface area contributed by atoms with Gasteiger partial charge in [0.2, 0.25) is 10.4 Å². The molecule has 282 valence electrons. The Morgan fingerprint density at radius 3 is 0.957 bits per heavy atom. The zero-order chi connectivity index (χ0) is 36.2. The van der Waals surface area contributed by atoms with E-state index in [1.165, 1.54) is 70.6 Å². The zero-order valence-corrected chi connectivity index (χ0v) is 30.1. The first kappa shape index (κ1) is 51.8. The molecule has 0 radical (unpaired) electrons. The van der Waals surface area contributed by atoms with Crippen molar-refractivity contribution in [1.29, 1.82) is 0 Å². The summed E-state index contributed by atoms with van der Waals surface area (Å²) in [6.45, 7) is 6.33. The van der Waals surface area contributed by atoms with Crippen molar-refractivity contribution in [3.63, 3.8) is 0 Å². The lowest BCUT2D eigenvalue weighted by Gasteiger charge is -2.32. The number of carboxylic acid groups (broad SMARTS) is 1. The van der Waals surface area contributed by atoms with Gasteiger partial charge in [0.05, 0.1) is 60.8 Å². The molecule has 0 heterocycles. The minimum atomic E-state index is -4.41. The number of nitrogens with zero attached hydrogens (tertiary/aromatic N) is 2. The normalized spacial score (nSPS) is 11.5. The summed E-state index contributed by atoms with van der Waals surface area (Å²) in [5, 5.41) is 62.2. The van der Waals surface area contributed by atoms with Gasteiger partial charge in [-0.1, -0.05) is 84.0 Å². The summed E-state index contributed by atoms with van der Waals surface area (Å²) in [5.74, 6) is -0.905. The lowest BCUT2D eigenvalue weighted by atomic mass is 10.0. The van der Waals surface area contributed by atoms with Crippen LogP contribution in [0.4, 0.5) is 0 Å². The largest absolute Gasteiger partial charge is 0.726 e.